The van der Waals surface area contributed by atoms with Gasteiger partial charge in [-0.1, -0.05) is 12.1 Å². The van der Waals surface area contributed by atoms with Crippen molar-refractivity contribution in [3.05, 3.63) is 47.5 Å². The van der Waals surface area contributed by atoms with Crippen molar-refractivity contribution in [2.24, 2.45) is 0 Å². The van der Waals surface area contributed by atoms with Gasteiger partial charge in [-0.2, -0.15) is 0 Å². The maximum Gasteiger partial charge on any atom is 0.222 e. The number of aryl methyl sites for hydroxylation is 1. The van der Waals surface area contributed by atoms with Gasteiger partial charge in [-0.15, -0.1) is 0 Å². The molecule has 6 heteroatoms. The molecule has 0 heterocycles. The van der Waals surface area contributed by atoms with Crippen molar-refractivity contribution in [1.29, 1.82) is 0 Å². The first-order valence-corrected chi connectivity index (χ1v) is 8.68. The second-order valence-corrected chi connectivity index (χ2v) is 6.12. The zero-order chi connectivity index (χ0) is 19.8. The molecule has 0 radical (unpaired) electrons. The summed E-state index contributed by atoms with van der Waals surface area (Å²) in [6.45, 7) is 0.445. The van der Waals surface area contributed by atoms with Crippen molar-refractivity contribution in [3.8, 4) is 23.0 Å². The van der Waals surface area contributed by atoms with Crippen molar-refractivity contribution in [3.63, 3.8) is 0 Å². The average molecular weight is 373 g/mol. The lowest BCUT2D eigenvalue weighted by atomic mass is 10.1. The first-order chi connectivity index (χ1) is 13.0. The molecule has 0 saturated carbocycles. The predicted octanol–water partition coefficient (Wildman–Crippen LogP) is 3.31. The van der Waals surface area contributed by atoms with Gasteiger partial charge in [0.2, 0.25) is 5.91 Å². The molecule has 0 unspecified atom stereocenters. The molecule has 0 bridgehead atoms. The van der Waals surface area contributed by atoms with Gasteiger partial charge in [-0.05, 0) is 30.2 Å². The molecule has 0 fully saturated rings. The minimum Gasteiger partial charge on any atom is -0.497 e. The average Bonchev–Trinajstić information content (AvgIpc) is 2.71. The van der Waals surface area contributed by atoms with Gasteiger partial charge in [0.1, 0.15) is 11.5 Å². The van der Waals surface area contributed by atoms with E-state index >= 15 is 0 Å². The number of nitrogens with zero attached hydrogens (tertiary/aromatic N) is 1. The Morgan fingerprint density at radius 2 is 1.59 bits per heavy atom. The highest BCUT2D eigenvalue weighted by molar-refractivity contribution is 5.76. The Morgan fingerprint density at radius 1 is 0.926 bits per heavy atom. The van der Waals surface area contributed by atoms with Gasteiger partial charge in [0.25, 0.3) is 0 Å². The topological polar surface area (TPSA) is 57.2 Å². The molecule has 2 rings (SSSR count). The van der Waals surface area contributed by atoms with Crippen LogP contribution in [0.3, 0.4) is 0 Å². The summed E-state index contributed by atoms with van der Waals surface area (Å²) in [7, 11) is 8.20. The quantitative estimate of drug-likeness (QED) is 0.675. The lowest BCUT2D eigenvalue weighted by Crippen LogP contribution is -2.26. The largest absolute Gasteiger partial charge is 0.497 e. The van der Waals surface area contributed by atoms with Crippen LogP contribution >= 0.6 is 0 Å². The van der Waals surface area contributed by atoms with Crippen LogP contribution in [0.15, 0.2) is 36.4 Å². The first-order valence-electron chi connectivity index (χ1n) is 8.68. The molecule has 0 aromatic heterocycles. The molecule has 1 amide bonds. The van der Waals surface area contributed by atoms with E-state index in [1.54, 1.807) is 40.4 Å². The monoisotopic (exact) mass is 373 g/mol. The molecule has 2 aromatic rings. The number of carbonyl (C=O) groups is 1. The molecule has 146 valence electrons. The van der Waals surface area contributed by atoms with E-state index < -0.39 is 0 Å². The third-order valence-corrected chi connectivity index (χ3v) is 4.36. The molecule has 0 spiro atoms. The van der Waals surface area contributed by atoms with Crippen molar-refractivity contribution in [2.45, 2.75) is 19.4 Å². The standard InChI is InChI=1S/C21H27NO5/c1-22(14-16-7-6-8-19(26-4)21(16)27-5)20(23)10-9-15-11-17(24-2)13-18(12-15)25-3/h6-8,11-13H,9-10,14H2,1-5H3. The van der Waals surface area contributed by atoms with Crippen LogP contribution in [0.25, 0.3) is 0 Å². The van der Waals surface area contributed by atoms with E-state index in [1.165, 1.54) is 0 Å². The summed E-state index contributed by atoms with van der Waals surface area (Å²) in [5.74, 6) is 2.77. The van der Waals surface area contributed by atoms with Gasteiger partial charge in [0, 0.05) is 31.6 Å². The number of hydrogen-bond donors (Lipinski definition) is 0. The molecule has 0 aliphatic rings. The molecule has 0 saturated heterocycles. The number of rotatable bonds is 9. The Balaban J connectivity index is 2.03. The second kappa shape index (κ2) is 9.71. The molecular weight excluding hydrogens is 346 g/mol. The fraction of sp³-hybridized carbons (Fsp3) is 0.381. The predicted molar refractivity (Wildman–Crippen MR) is 104 cm³/mol. The van der Waals surface area contributed by atoms with E-state index in [0.717, 1.165) is 11.1 Å². The smallest absolute Gasteiger partial charge is 0.222 e. The Hall–Kier alpha value is -2.89. The van der Waals surface area contributed by atoms with Crippen LogP contribution in [-0.4, -0.2) is 46.3 Å². The highest BCUT2D eigenvalue weighted by atomic mass is 16.5. The Kier molecular flexibility index (Phi) is 7.34. The van der Waals surface area contributed by atoms with Crippen molar-refractivity contribution < 1.29 is 23.7 Å². The van der Waals surface area contributed by atoms with Gasteiger partial charge in [-0.25, -0.2) is 0 Å². The molecule has 2 aromatic carbocycles. The van der Waals surface area contributed by atoms with Crippen LogP contribution in [0.2, 0.25) is 0 Å². The molecule has 0 aliphatic heterocycles. The number of methoxy groups -OCH3 is 4. The minimum atomic E-state index is 0.0432. The highest BCUT2D eigenvalue weighted by Crippen LogP contribution is 2.31. The van der Waals surface area contributed by atoms with Gasteiger partial charge >= 0.3 is 0 Å². The molecule has 6 nitrogen and oxygen atoms in total. The minimum absolute atomic E-state index is 0.0432. The molecular formula is C21H27NO5. The van der Waals surface area contributed by atoms with Crippen LogP contribution in [-0.2, 0) is 17.8 Å². The molecule has 0 aliphatic carbocycles. The number of ether oxygens (including phenoxy) is 4. The SMILES string of the molecule is COc1cc(CCC(=O)N(C)Cc2cccc(OC)c2OC)cc(OC)c1. The van der Waals surface area contributed by atoms with Crippen molar-refractivity contribution in [2.75, 3.05) is 35.5 Å². The summed E-state index contributed by atoms with van der Waals surface area (Å²) in [5.41, 5.74) is 1.89. The molecule has 0 atom stereocenters. The summed E-state index contributed by atoms with van der Waals surface area (Å²) < 4.78 is 21.3. The van der Waals surface area contributed by atoms with Crippen LogP contribution in [0.5, 0.6) is 23.0 Å². The van der Waals surface area contributed by atoms with Crippen LogP contribution in [0, 0.1) is 0 Å². The van der Waals surface area contributed by atoms with Gasteiger partial charge in [0.05, 0.1) is 28.4 Å². The number of hydrogen-bond acceptors (Lipinski definition) is 5. The van der Waals surface area contributed by atoms with Crippen LogP contribution in [0.4, 0.5) is 0 Å². The Labute approximate surface area is 160 Å². The van der Waals surface area contributed by atoms with E-state index in [9.17, 15) is 4.79 Å². The first kappa shape index (κ1) is 20.4. The molecule has 0 N–H and O–H groups in total. The number of amides is 1. The maximum atomic E-state index is 12.6. The fourth-order valence-electron chi connectivity index (χ4n) is 2.87. The third-order valence-electron chi connectivity index (χ3n) is 4.36. The summed E-state index contributed by atoms with van der Waals surface area (Å²) in [6, 6.07) is 11.3. The van der Waals surface area contributed by atoms with Gasteiger partial charge < -0.3 is 23.8 Å². The van der Waals surface area contributed by atoms with Crippen molar-refractivity contribution in [1.82, 2.24) is 4.90 Å². The zero-order valence-electron chi connectivity index (χ0n) is 16.6. The van der Waals surface area contributed by atoms with Crippen LogP contribution < -0.4 is 18.9 Å². The molecule has 27 heavy (non-hydrogen) atoms. The fourth-order valence-corrected chi connectivity index (χ4v) is 2.87. The van der Waals surface area contributed by atoms with Gasteiger partial charge in [0.15, 0.2) is 11.5 Å². The summed E-state index contributed by atoms with van der Waals surface area (Å²) >= 11 is 0. The summed E-state index contributed by atoms with van der Waals surface area (Å²) in [5, 5.41) is 0. The summed E-state index contributed by atoms with van der Waals surface area (Å²) in [6.07, 6.45) is 0.991. The number of carbonyl (C=O) groups excluding carboxylic acids is 1. The lowest BCUT2D eigenvalue weighted by Gasteiger charge is -2.20. The number of benzene rings is 2. The highest BCUT2D eigenvalue weighted by Gasteiger charge is 2.15. The van der Waals surface area contributed by atoms with E-state index in [4.69, 9.17) is 18.9 Å². The van der Waals surface area contributed by atoms with E-state index in [1.807, 2.05) is 36.4 Å². The zero-order valence-corrected chi connectivity index (χ0v) is 16.6. The Bertz CT molecular complexity index is 753. The van der Waals surface area contributed by atoms with E-state index in [0.29, 0.717) is 42.4 Å². The third kappa shape index (κ3) is 5.29. The van der Waals surface area contributed by atoms with E-state index in [-0.39, 0.29) is 5.91 Å². The van der Waals surface area contributed by atoms with E-state index in [2.05, 4.69) is 0 Å². The maximum absolute atomic E-state index is 12.6. The van der Waals surface area contributed by atoms with Crippen molar-refractivity contribution >= 4 is 5.91 Å². The van der Waals surface area contributed by atoms with Gasteiger partial charge in [-0.3, -0.25) is 4.79 Å². The number of para-hydroxylation sites is 1. The summed E-state index contributed by atoms with van der Waals surface area (Å²) in [4.78, 5) is 14.3. The van der Waals surface area contributed by atoms with Crippen LogP contribution in [0.1, 0.15) is 17.5 Å². The second-order valence-electron chi connectivity index (χ2n) is 6.12. The lowest BCUT2D eigenvalue weighted by molar-refractivity contribution is -0.130. The normalized spacial score (nSPS) is 10.3. The Morgan fingerprint density at radius 3 is 2.15 bits per heavy atom.